The zero-order valence-corrected chi connectivity index (χ0v) is 20.3. The lowest BCUT2D eigenvalue weighted by molar-refractivity contribution is -0.124. The summed E-state index contributed by atoms with van der Waals surface area (Å²) in [7, 11) is 1.89. The highest BCUT2D eigenvalue weighted by atomic mass is 35.5. The fraction of sp³-hybridized carbons (Fsp3) is 0.259. The van der Waals surface area contributed by atoms with Gasteiger partial charge >= 0.3 is 0 Å². The first-order valence-electron chi connectivity index (χ1n) is 11.7. The molecule has 1 atom stereocenters. The van der Waals surface area contributed by atoms with Crippen molar-refractivity contribution in [2.45, 2.75) is 31.8 Å². The van der Waals surface area contributed by atoms with E-state index in [1.54, 1.807) is 16.2 Å². The average Bonchev–Trinajstić information content (AvgIpc) is 3.56. The number of aromatic nitrogens is 3. The predicted molar refractivity (Wildman–Crippen MR) is 137 cm³/mol. The van der Waals surface area contributed by atoms with Crippen molar-refractivity contribution in [2.24, 2.45) is 7.05 Å². The van der Waals surface area contributed by atoms with Gasteiger partial charge in [0.2, 0.25) is 0 Å². The van der Waals surface area contributed by atoms with Crippen LogP contribution in [0.2, 0.25) is 5.02 Å². The molecule has 1 amide bonds. The van der Waals surface area contributed by atoms with Crippen LogP contribution in [0.5, 0.6) is 0 Å². The van der Waals surface area contributed by atoms with Gasteiger partial charge in [-0.3, -0.25) is 19.6 Å². The van der Waals surface area contributed by atoms with Crippen molar-refractivity contribution in [3.05, 3.63) is 93.9 Å². The van der Waals surface area contributed by atoms with Crippen molar-refractivity contribution in [1.82, 2.24) is 25.1 Å². The number of fused-ring (bicyclic) bond motifs is 2. The van der Waals surface area contributed by atoms with Gasteiger partial charge in [0.15, 0.2) is 0 Å². The molecule has 2 aromatic carbocycles. The maximum absolute atomic E-state index is 11.3. The van der Waals surface area contributed by atoms with Crippen LogP contribution in [-0.2, 0) is 31.2 Å². The van der Waals surface area contributed by atoms with E-state index in [1.165, 1.54) is 28.2 Å². The molecule has 2 heterocycles. The van der Waals surface area contributed by atoms with Crippen LogP contribution in [0, 0.1) is 0 Å². The highest BCUT2D eigenvalue weighted by molar-refractivity contribution is 6.31. The summed E-state index contributed by atoms with van der Waals surface area (Å²) in [4.78, 5) is 17.2. The number of aromatic amines is 1. The number of carbonyl (C=O) groups excluding carboxylic acids is 1. The van der Waals surface area contributed by atoms with Crippen LogP contribution in [0.3, 0.4) is 0 Å². The van der Waals surface area contributed by atoms with Gasteiger partial charge in [-0.25, -0.2) is 5.48 Å². The predicted octanol–water partition coefficient (Wildman–Crippen LogP) is 4.81. The van der Waals surface area contributed by atoms with Crippen LogP contribution in [0.1, 0.15) is 40.4 Å². The highest BCUT2D eigenvalue weighted by Crippen LogP contribution is 2.38. The molecule has 0 bridgehead atoms. The van der Waals surface area contributed by atoms with Crippen molar-refractivity contribution in [2.75, 3.05) is 6.54 Å². The molecule has 1 unspecified atom stereocenters. The van der Waals surface area contributed by atoms with Gasteiger partial charge in [0, 0.05) is 55.6 Å². The normalized spacial score (nSPS) is 15.4. The summed E-state index contributed by atoms with van der Waals surface area (Å²) in [6.07, 6.45) is 9.88. The molecule has 4 aromatic rings. The van der Waals surface area contributed by atoms with Gasteiger partial charge < -0.3 is 4.98 Å². The summed E-state index contributed by atoms with van der Waals surface area (Å²) in [5.74, 6) is -0.543. The summed E-state index contributed by atoms with van der Waals surface area (Å²) in [6, 6.07) is 15.0. The van der Waals surface area contributed by atoms with Crippen molar-refractivity contribution in [1.29, 1.82) is 0 Å². The third kappa shape index (κ3) is 5.03. The van der Waals surface area contributed by atoms with Gasteiger partial charge in [0.05, 0.1) is 10.7 Å². The molecule has 180 valence electrons. The number of hydrogen-bond donors (Lipinski definition) is 3. The monoisotopic (exact) mass is 489 g/mol. The van der Waals surface area contributed by atoms with E-state index in [9.17, 15) is 4.79 Å². The molecule has 2 aromatic heterocycles. The Kier molecular flexibility index (Phi) is 6.72. The van der Waals surface area contributed by atoms with Crippen molar-refractivity contribution < 1.29 is 10.0 Å². The summed E-state index contributed by atoms with van der Waals surface area (Å²) in [5.41, 5.74) is 8.49. The minimum atomic E-state index is -0.543. The molecule has 1 aliphatic carbocycles. The number of nitrogens with zero attached hydrogens (tertiary/aromatic N) is 3. The van der Waals surface area contributed by atoms with Gasteiger partial charge in [0.25, 0.3) is 5.91 Å². The van der Waals surface area contributed by atoms with Gasteiger partial charge in [-0.1, -0.05) is 48.0 Å². The minimum Gasteiger partial charge on any atom is -0.361 e. The standard InChI is InChI=1S/C27H28ClN5O2/c1-32-16-23(28)25(30-32)17-33(13-12-20-15-29-24-5-3-2-4-21(20)24)26-10-8-19-14-18(6-9-22(19)26)7-11-27(34)31-35/h2-7,9,11,14-16,26,29,35H,8,10,12-13,17H2,1H3,(H,31,34)/b11-7+. The number of hydrogen-bond acceptors (Lipinski definition) is 4. The van der Waals surface area contributed by atoms with E-state index < -0.39 is 5.91 Å². The van der Waals surface area contributed by atoms with Gasteiger partial charge in [-0.15, -0.1) is 0 Å². The first-order valence-corrected chi connectivity index (χ1v) is 12.1. The van der Waals surface area contributed by atoms with Gasteiger partial charge in [-0.05, 0) is 53.7 Å². The second-order valence-corrected chi connectivity index (χ2v) is 9.41. The quantitative estimate of drug-likeness (QED) is 0.188. The fourth-order valence-corrected chi connectivity index (χ4v) is 5.30. The maximum atomic E-state index is 11.3. The van der Waals surface area contributed by atoms with Crippen LogP contribution in [0.15, 0.2) is 60.9 Å². The topological polar surface area (TPSA) is 86.2 Å². The Morgan fingerprint density at radius 3 is 3.00 bits per heavy atom. The minimum absolute atomic E-state index is 0.257. The van der Waals surface area contributed by atoms with Crippen molar-refractivity contribution >= 4 is 34.5 Å². The third-order valence-corrected chi connectivity index (χ3v) is 7.06. The first-order chi connectivity index (χ1) is 17.0. The molecule has 7 nitrogen and oxygen atoms in total. The molecule has 8 heteroatoms. The Bertz CT molecular complexity index is 1390. The number of nitrogens with one attached hydrogen (secondary N) is 2. The number of para-hydroxylation sites is 1. The summed E-state index contributed by atoms with van der Waals surface area (Å²) in [6.45, 7) is 1.54. The molecular formula is C27H28ClN5O2. The number of amides is 1. The van der Waals surface area contributed by atoms with Crippen LogP contribution < -0.4 is 5.48 Å². The summed E-state index contributed by atoms with van der Waals surface area (Å²) in [5, 5.41) is 15.3. The first kappa shape index (κ1) is 23.4. The molecule has 0 fully saturated rings. The summed E-state index contributed by atoms with van der Waals surface area (Å²) < 4.78 is 1.76. The van der Waals surface area contributed by atoms with Crippen molar-refractivity contribution in [3.8, 4) is 0 Å². The number of halogens is 1. The molecule has 0 radical (unpaired) electrons. The lowest BCUT2D eigenvalue weighted by Crippen LogP contribution is -2.29. The van der Waals surface area contributed by atoms with E-state index >= 15 is 0 Å². The summed E-state index contributed by atoms with van der Waals surface area (Å²) >= 11 is 6.49. The zero-order chi connectivity index (χ0) is 24.4. The Morgan fingerprint density at radius 1 is 1.34 bits per heavy atom. The Hall–Kier alpha value is -3.39. The number of carbonyl (C=O) groups is 1. The second kappa shape index (κ2) is 10.1. The van der Waals surface area contributed by atoms with Crippen LogP contribution in [0.25, 0.3) is 17.0 Å². The highest BCUT2D eigenvalue weighted by Gasteiger charge is 2.29. The van der Waals surface area contributed by atoms with E-state index in [4.69, 9.17) is 16.8 Å². The Balaban J connectivity index is 1.40. The fourth-order valence-electron chi connectivity index (χ4n) is 5.06. The SMILES string of the molecule is Cn1cc(Cl)c(CN(CCc2c[nH]c3ccccc23)C2CCc3cc(/C=C/C(=O)NO)ccc32)n1. The largest absolute Gasteiger partial charge is 0.361 e. The number of hydroxylamine groups is 1. The Labute approximate surface area is 209 Å². The zero-order valence-electron chi connectivity index (χ0n) is 19.5. The second-order valence-electron chi connectivity index (χ2n) is 9.00. The molecule has 0 spiro atoms. The number of rotatable bonds is 8. The number of benzene rings is 2. The molecule has 3 N–H and O–H groups in total. The molecule has 0 saturated heterocycles. The molecule has 0 saturated carbocycles. The van der Waals surface area contributed by atoms with E-state index in [0.717, 1.165) is 42.6 Å². The van der Waals surface area contributed by atoms with E-state index in [0.29, 0.717) is 11.6 Å². The lowest BCUT2D eigenvalue weighted by Gasteiger charge is -2.29. The Morgan fingerprint density at radius 2 is 2.20 bits per heavy atom. The number of H-pyrrole nitrogens is 1. The smallest absolute Gasteiger partial charge is 0.267 e. The van der Waals surface area contributed by atoms with Crippen LogP contribution >= 0.6 is 11.6 Å². The van der Waals surface area contributed by atoms with Crippen LogP contribution in [0.4, 0.5) is 0 Å². The van der Waals surface area contributed by atoms with Gasteiger partial charge in [0.1, 0.15) is 0 Å². The molecule has 35 heavy (non-hydrogen) atoms. The van der Waals surface area contributed by atoms with E-state index in [-0.39, 0.29) is 6.04 Å². The maximum Gasteiger partial charge on any atom is 0.267 e. The average molecular weight is 490 g/mol. The molecule has 1 aliphatic rings. The molecule has 5 rings (SSSR count). The van der Waals surface area contributed by atoms with E-state index in [2.05, 4.69) is 51.5 Å². The lowest BCUT2D eigenvalue weighted by atomic mass is 10.0. The third-order valence-electron chi connectivity index (χ3n) is 6.74. The number of aryl methyl sites for hydroxylation is 2. The molecular weight excluding hydrogens is 462 g/mol. The van der Waals surface area contributed by atoms with Crippen LogP contribution in [-0.4, -0.2) is 37.3 Å². The molecule has 0 aliphatic heterocycles. The van der Waals surface area contributed by atoms with Crippen molar-refractivity contribution in [3.63, 3.8) is 0 Å². The van der Waals surface area contributed by atoms with E-state index in [1.807, 2.05) is 25.4 Å². The van der Waals surface area contributed by atoms with Gasteiger partial charge in [-0.2, -0.15) is 5.10 Å².